The number of hydrogen-bond donors (Lipinski definition) is 1. The molecule has 0 spiro atoms. The number of aliphatic carboxylic acids is 1. The van der Waals surface area contributed by atoms with Gasteiger partial charge in [0.2, 0.25) is 0 Å². The second-order valence-corrected chi connectivity index (χ2v) is 3.09. The third-order valence-electron chi connectivity index (χ3n) is 2.24. The number of carbonyl (C=O) groups is 1. The maximum absolute atomic E-state index is 10.7. The lowest BCUT2D eigenvalue weighted by molar-refractivity contribution is -0.144. The number of methoxy groups -OCH3 is 1. The van der Waals surface area contributed by atoms with Gasteiger partial charge >= 0.3 is 5.97 Å². The first-order valence-corrected chi connectivity index (χ1v) is 4.27. The van der Waals surface area contributed by atoms with Crippen LogP contribution in [0.25, 0.3) is 0 Å². The molecule has 0 saturated heterocycles. The van der Waals surface area contributed by atoms with E-state index in [1.54, 1.807) is 25.3 Å². The topological polar surface area (TPSA) is 55.8 Å². The van der Waals surface area contributed by atoms with Gasteiger partial charge in [-0.1, -0.05) is 6.07 Å². The molecule has 1 aliphatic heterocycles. The van der Waals surface area contributed by atoms with Gasteiger partial charge in [0.15, 0.2) is 6.10 Å². The van der Waals surface area contributed by atoms with Gasteiger partial charge in [0.25, 0.3) is 0 Å². The van der Waals surface area contributed by atoms with Gasteiger partial charge in [0.05, 0.1) is 7.11 Å². The average molecular weight is 194 g/mol. The Hall–Kier alpha value is -1.71. The highest BCUT2D eigenvalue weighted by atomic mass is 16.5. The van der Waals surface area contributed by atoms with Crippen molar-refractivity contribution < 1.29 is 19.4 Å². The van der Waals surface area contributed by atoms with Gasteiger partial charge < -0.3 is 14.6 Å². The monoisotopic (exact) mass is 194 g/mol. The van der Waals surface area contributed by atoms with Gasteiger partial charge in [-0.3, -0.25) is 0 Å². The van der Waals surface area contributed by atoms with Crippen molar-refractivity contribution >= 4 is 5.97 Å². The van der Waals surface area contributed by atoms with E-state index in [0.29, 0.717) is 17.9 Å². The molecule has 1 aromatic rings. The van der Waals surface area contributed by atoms with Crippen LogP contribution in [0.4, 0.5) is 0 Å². The number of hydrogen-bond acceptors (Lipinski definition) is 3. The van der Waals surface area contributed by atoms with Crippen LogP contribution in [0.15, 0.2) is 18.2 Å². The Morgan fingerprint density at radius 3 is 3.07 bits per heavy atom. The molecule has 4 heteroatoms. The maximum Gasteiger partial charge on any atom is 0.345 e. The normalized spacial score (nSPS) is 18.5. The number of ether oxygens (including phenoxy) is 2. The van der Waals surface area contributed by atoms with Crippen LogP contribution in [-0.2, 0) is 11.2 Å². The first-order chi connectivity index (χ1) is 6.72. The number of fused-ring (bicyclic) bond motifs is 1. The Balaban J connectivity index is 2.34. The largest absolute Gasteiger partial charge is 0.496 e. The number of benzene rings is 1. The molecule has 1 aromatic carbocycles. The average Bonchev–Trinajstić information content (AvgIpc) is 2.60. The van der Waals surface area contributed by atoms with Crippen LogP contribution in [0.2, 0.25) is 0 Å². The molecule has 74 valence electrons. The SMILES string of the molecule is COc1cccc2c1C[C@H](C(=O)O)O2. The second kappa shape index (κ2) is 3.21. The summed E-state index contributed by atoms with van der Waals surface area (Å²) in [5.74, 6) is 0.353. The summed E-state index contributed by atoms with van der Waals surface area (Å²) in [4.78, 5) is 10.7. The summed E-state index contributed by atoms with van der Waals surface area (Å²) >= 11 is 0. The predicted octanol–water partition coefficient (Wildman–Crippen LogP) is 1.08. The summed E-state index contributed by atoms with van der Waals surface area (Å²) in [6.45, 7) is 0. The number of rotatable bonds is 2. The zero-order chi connectivity index (χ0) is 10.1. The molecule has 0 radical (unpaired) electrons. The van der Waals surface area contributed by atoms with Crippen molar-refractivity contribution in [3.8, 4) is 11.5 Å². The molecule has 0 fully saturated rings. The first kappa shape index (κ1) is 8.87. The van der Waals surface area contributed by atoms with Crippen molar-refractivity contribution in [1.29, 1.82) is 0 Å². The third kappa shape index (κ3) is 1.28. The summed E-state index contributed by atoms with van der Waals surface area (Å²) < 4.78 is 10.3. The van der Waals surface area contributed by atoms with Crippen LogP contribution in [0.5, 0.6) is 11.5 Å². The van der Waals surface area contributed by atoms with Crippen molar-refractivity contribution in [1.82, 2.24) is 0 Å². The van der Waals surface area contributed by atoms with E-state index >= 15 is 0 Å². The van der Waals surface area contributed by atoms with Crippen molar-refractivity contribution in [3.63, 3.8) is 0 Å². The molecule has 1 aliphatic rings. The van der Waals surface area contributed by atoms with E-state index in [1.807, 2.05) is 0 Å². The van der Waals surface area contributed by atoms with Crippen LogP contribution in [0.1, 0.15) is 5.56 Å². The fraction of sp³-hybridized carbons (Fsp3) is 0.300. The van der Waals surface area contributed by atoms with Crippen molar-refractivity contribution in [3.05, 3.63) is 23.8 Å². The standard InChI is InChI=1S/C10H10O4/c1-13-7-3-2-4-8-6(7)5-9(14-8)10(11)12/h2-4,9H,5H2,1H3,(H,11,12)/t9-/m1/s1. The summed E-state index contributed by atoms with van der Waals surface area (Å²) in [5.41, 5.74) is 0.836. The lowest BCUT2D eigenvalue weighted by Gasteiger charge is -2.03. The second-order valence-electron chi connectivity index (χ2n) is 3.09. The van der Waals surface area contributed by atoms with Gasteiger partial charge in [0, 0.05) is 12.0 Å². The molecule has 1 N–H and O–H groups in total. The molecular formula is C10H10O4. The van der Waals surface area contributed by atoms with Crippen LogP contribution in [-0.4, -0.2) is 24.3 Å². The van der Waals surface area contributed by atoms with E-state index in [9.17, 15) is 4.79 Å². The van der Waals surface area contributed by atoms with Crippen LogP contribution in [0, 0.1) is 0 Å². The molecular weight excluding hydrogens is 184 g/mol. The zero-order valence-corrected chi connectivity index (χ0v) is 7.69. The predicted molar refractivity (Wildman–Crippen MR) is 48.7 cm³/mol. The van der Waals surface area contributed by atoms with Gasteiger partial charge in [-0.15, -0.1) is 0 Å². The Kier molecular flexibility index (Phi) is 2.04. The molecule has 1 heterocycles. The Morgan fingerprint density at radius 1 is 1.64 bits per heavy atom. The molecule has 0 aromatic heterocycles. The minimum atomic E-state index is -0.941. The minimum absolute atomic E-state index is 0.370. The minimum Gasteiger partial charge on any atom is -0.496 e. The fourth-order valence-electron chi connectivity index (χ4n) is 1.57. The molecule has 0 aliphatic carbocycles. The van der Waals surface area contributed by atoms with E-state index < -0.39 is 12.1 Å². The molecule has 0 bridgehead atoms. The van der Waals surface area contributed by atoms with Crippen molar-refractivity contribution in [2.75, 3.05) is 7.11 Å². The Labute approximate surface area is 81.1 Å². The first-order valence-electron chi connectivity index (χ1n) is 4.27. The van der Waals surface area contributed by atoms with Gasteiger partial charge in [-0.05, 0) is 12.1 Å². The zero-order valence-electron chi connectivity index (χ0n) is 7.69. The molecule has 0 saturated carbocycles. The summed E-state index contributed by atoms with van der Waals surface area (Å²) in [7, 11) is 1.56. The highest BCUT2D eigenvalue weighted by molar-refractivity contribution is 5.75. The molecule has 2 rings (SSSR count). The summed E-state index contributed by atoms with van der Waals surface area (Å²) in [5, 5.41) is 8.78. The van der Waals surface area contributed by atoms with E-state index in [2.05, 4.69) is 0 Å². The fourth-order valence-corrected chi connectivity index (χ4v) is 1.57. The lowest BCUT2D eigenvalue weighted by atomic mass is 10.1. The van der Waals surface area contributed by atoms with Crippen LogP contribution in [0.3, 0.4) is 0 Å². The van der Waals surface area contributed by atoms with Gasteiger partial charge in [0.1, 0.15) is 11.5 Å². The van der Waals surface area contributed by atoms with E-state index in [1.165, 1.54) is 0 Å². The van der Waals surface area contributed by atoms with Crippen molar-refractivity contribution in [2.24, 2.45) is 0 Å². The Morgan fingerprint density at radius 2 is 2.43 bits per heavy atom. The highest BCUT2D eigenvalue weighted by Crippen LogP contribution is 2.35. The Bertz CT molecular complexity index is 372. The van der Waals surface area contributed by atoms with Crippen molar-refractivity contribution in [2.45, 2.75) is 12.5 Å². The number of carboxylic acids is 1. The van der Waals surface area contributed by atoms with E-state index in [-0.39, 0.29) is 0 Å². The molecule has 4 nitrogen and oxygen atoms in total. The van der Waals surface area contributed by atoms with Crippen LogP contribution < -0.4 is 9.47 Å². The lowest BCUT2D eigenvalue weighted by Crippen LogP contribution is -2.24. The van der Waals surface area contributed by atoms with E-state index in [4.69, 9.17) is 14.6 Å². The molecule has 0 unspecified atom stereocenters. The van der Waals surface area contributed by atoms with Gasteiger partial charge in [-0.2, -0.15) is 0 Å². The highest BCUT2D eigenvalue weighted by Gasteiger charge is 2.30. The molecule has 0 amide bonds. The van der Waals surface area contributed by atoms with E-state index in [0.717, 1.165) is 5.56 Å². The molecule has 1 atom stereocenters. The molecule has 14 heavy (non-hydrogen) atoms. The summed E-state index contributed by atoms with van der Waals surface area (Å²) in [6.07, 6.45) is -0.407. The number of carboxylic acid groups (broad SMARTS) is 1. The maximum atomic E-state index is 10.7. The van der Waals surface area contributed by atoms with Gasteiger partial charge in [-0.25, -0.2) is 4.79 Å². The smallest absolute Gasteiger partial charge is 0.345 e. The summed E-state index contributed by atoms with van der Waals surface area (Å²) in [6, 6.07) is 5.33. The quantitative estimate of drug-likeness (QED) is 0.765. The third-order valence-corrected chi connectivity index (χ3v) is 2.24. The van der Waals surface area contributed by atoms with Crippen LogP contribution >= 0.6 is 0 Å².